The average Bonchev–Trinajstić information content (AvgIpc) is 2.40. The van der Waals surface area contributed by atoms with Crippen molar-refractivity contribution in [1.82, 2.24) is 10.6 Å². The molecule has 1 aromatic rings. The molecule has 0 saturated carbocycles. The van der Waals surface area contributed by atoms with Gasteiger partial charge in [-0.2, -0.15) is 0 Å². The van der Waals surface area contributed by atoms with Gasteiger partial charge in [0.05, 0.1) is 12.7 Å². The molecule has 5 nitrogen and oxygen atoms in total. The van der Waals surface area contributed by atoms with E-state index in [1.807, 2.05) is 38.2 Å². The molecule has 1 amide bonds. The molecule has 0 unspecified atom stereocenters. The number of hydrogen-bond acceptors (Lipinski definition) is 4. The lowest BCUT2D eigenvalue weighted by atomic mass is 10.1. The fourth-order valence-electron chi connectivity index (χ4n) is 2.21. The fraction of sp³-hybridized carbons (Fsp3) is 0.500. The van der Waals surface area contributed by atoms with Crippen molar-refractivity contribution in [3.8, 4) is 0 Å². The van der Waals surface area contributed by atoms with E-state index in [9.17, 15) is 4.79 Å². The topological polar surface area (TPSA) is 62.4 Å². The van der Waals surface area contributed by atoms with Gasteiger partial charge in [0.15, 0.2) is 0 Å². The molecule has 0 aromatic heterocycles. The quantitative estimate of drug-likeness (QED) is 0.749. The summed E-state index contributed by atoms with van der Waals surface area (Å²) in [6, 6.07) is 7.54. The van der Waals surface area contributed by atoms with Gasteiger partial charge in [-0.15, -0.1) is 0 Å². The summed E-state index contributed by atoms with van der Waals surface area (Å²) in [5.74, 6) is -0.0474. The predicted molar refractivity (Wildman–Crippen MR) is 75.0 cm³/mol. The van der Waals surface area contributed by atoms with Crippen LogP contribution < -0.4 is 16.0 Å². The summed E-state index contributed by atoms with van der Waals surface area (Å²) in [6.45, 7) is 4.06. The van der Waals surface area contributed by atoms with E-state index in [0.29, 0.717) is 13.2 Å². The number of benzene rings is 1. The molecule has 0 radical (unpaired) electrons. The Labute approximate surface area is 113 Å². The maximum absolute atomic E-state index is 12.2. The van der Waals surface area contributed by atoms with Crippen LogP contribution in [0.4, 0.5) is 5.69 Å². The van der Waals surface area contributed by atoms with Crippen molar-refractivity contribution in [1.29, 1.82) is 0 Å². The van der Waals surface area contributed by atoms with Crippen LogP contribution in [-0.2, 0) is 16.1 Å². The lowest BCUT2D eigenvalue weighted by Gasteiger charge is -2.29. The molecule has 1 saturated heterocycles. The van der Waals surface area contributed by atoms with Gasteiger partial charge < -0.3 is 20.7 Å². The Hall–Kier alpha value is -1.43. The molecule has 5 heteroatoms. The van der Waals surface area contributed by atoms with Crippen molar-refractivity contribution >= 4 is 11.6 Å². The van der Waals surface area contributed by atoms with Crippen molar-refractivity contribution in [2.75, 3.05) is 25.5 Å². The van der Waals surface area contributed by atoms with Crippen LogP contribution in [-0.4, -0.2) is 38.3 Å². The molecule has 1 aliphatic heterocycles. The van der Waals surface area contributed by atoms with Crippen LogP contribution in [0.2, 0.25) is 0 Å². The molecule has 104 valence electrons. The first-order valence-corrected chi connectivity index (χ1v) is 6.60. The van der Waals surface area contributed by atoms with Crippen LogP contribution in [0, 0.1) is 0 Å². The molecule has 3 N–H and O–H groups in total. The molecule has 2 rings (SSSR count). The third-order valence-electron chi connectivity index (χ3n) is 3.17. The Morgan fingerprint density at radius 2 is 2.37 bits per heavy atom. The second-order valence-corrected chi connectivity index (χ2v) is 4.73. The van der Waals surface area contributed by atoms with Gasteiger partial charge in [0, 0.05) is 18.8 Å². The standard InChI is InChI=1S/C14H21N3O2/c1-10-13(16-6-7-19-10)14(18)17-12-5-3-4-11(8-12)9-15-2/h3-5,8,10,13,15-16H,6-7,9H2,1-2H3,(H,17,18)/t10-,13+/m1/s1. The Kier molecular flexibility index (Phi) is 4.90. The SMILES string of the molecule is CNCc1cccc(NC(=O)[C@H]2NCCO[C@@H]2C)c1. The van der Waals surface area contributed by atoms with Gasteiger partial charge in [-0.3, -0.25) is 4.79 Å². The lowest BCUT2D eigenvalue weighted by Crippen LogP contribution is -2.53. The van der Waals surface area contributed by atoms with Gasteiger partial charge >= 0.3 is 0 Å². The zero-order valence-corrected chi connectivity index (χ0v) is 11.4. The molecule has 0 aliphatic carbocycles. The summed E-state index contributed by atoms with van der Waals surface area (Å²) in [5.41, 5.74) is 1.96. The van der Waals surface area contributed by atoms with Gasteiger partial charge in [-0.1, -0.05) is 12.1 Å². The maximum atomic E-state index is 12.2. The van der Waals surface area contributed by atoms with Gasteiger partial charge in [0.2, 0.25) is 5.91 Å². The molecule has 1 fully saturated rings. The van der Waals surface area contributed by atoms with Crippen molar-refractivity contribution in [3.05, 3.63) is 29.8 Å². The minimum Gasteiger partial charge on any atom is -0.375 e. The van der Waals surface area contributed by atoms with Crippen LogP contribution in [0.1, 0.15) is 12.5 Å². The van der Waals surface area contributed by atoms with E-state index < -0.39 is 0 Å². The highest BCUT2D eigenvalue weighted by atomic mass is 16.5. The van der Waals surface area contributed by atoms with E-state index in [2.05, 4.69) is 16.0 Å². The number of anilines is 1. The predicted octanol–water partition coefficient (Wildman–Crippen LogP) is 0.721. The highest BCUT2D eigenvalue weighted by molar-refractivity contribution is 5.95. The maximum Gasteiger partial charge on any atom is 0.244 e. The molecule has 0 bridgehead atoms. The zero-order valence-electron chi connectivity index (χ0n) is 11.4. The zero-order chi connectivity index (χ0) is 13.7. The van der Waals surface area contributed by atoms with E-state index in [4.69, 9.17) is 4.74 Å². The van der Waals surface area contributed by atoms with E-state index in [-0.39, 0.29) is 18.1 Å². The Morgan fingerprint density at radius 1 is 1.53 bits per heavy atom. The summed E-state index contributed by atoms with van der Waals surface area (Å²) in [4.78, 5) is 12.2. The minimum atomic E-state index is -0.290. The van der Waals surface area contributed by atoms with Gasteiger partial charge in [0.25, 0.3) is 0 Å². The first-order chi connectivity index (χ1) is 9.20. The third-order valence-corrected chi connectivity index (χ3v) is 3.17. The molecular weight excluding hydrogens is 242 g/mol. The second kappa shape index (κ2) is 6.65. The Bertz CT molecular complexity index is 436. The number of nitrogens with one attached hydrogen (secondary N) is 3. The smallest absolute Gasteiger partial charge is 0.244 e. The first kappa shape index (κ1) is 14.0. The molecule has 2 atom stereocenters. The van der Waals surface area contributed by atoms with Crippen LogP contribution in [0.5, 0.6) is 0 Å². The molecule has 0 spiro atoms. The summed E-state index contributed by atoms with van der Waals surface area (Å²) >= 11 is 0. The Morgan fingerprint density at radius 3 is 3.11 bits per heavy atom. The third kappa shape index (κ3) is 3.76. The van der Waals surface area contributed by atoms with Crippen molar-refractivity contribution < 1.29 is 9.53 Å². The van der Waals surface area contributed by atoms with Crippen LogP contribution in [0.25, 0.3) is 0 Å². The molecule has 1 aromatic carbocycles. The van der Waals surface area contributed by atoms with E-state index >= 15 is 0 Å². The van der Waals surface area contributed by atoms with Gasteiger partial charge in [0.1, 0.15) is 6.04 Å². The monoisotopic (exact) mass is 263 g/mol. The summed E-state index contributed by atoms with van der Waals surface area (Å²) in [5, 5.41) is 9.20. The van der Waals surface area contributed by atoms with Crippen LogP contribution in [0.3, 0.4) is 0 Å². The number of ether oxygens (including phenoxy) is 1. The number of carbonyl (C=O) groups excluding carboxylic acids is 1. The van der Waals surface area contributed by atoms with Gasteiger partial charge in [-0.05, 0) is 31.7 Å². The van der Waals surface area contributed by atoms with Gasteiger partial charge in [-0.25, -0.2) is 0 Å². The number of morpholine rings is 1. The second-order valence-electron chi connectivity index (χ2n) is 4.73. The minimum absolute atomic E-state index is 0.0474. The van der Waals surface area contributed by atoms with E-state index in [1.54, 1.807) is 0 Å². The first-order valence-electron chi connectivity index (χ1n) is 6.60. The molecule has 1 heterocycles. The van der Waals surface area contributed by atoms with Crippen LogP contribution in [0.15, 0.2) is 24.3 Å². The number of rotatable bonds is 4. The highest BCUT2D eigenvalue weighted by Gasteiger charge is 2.28. The largest absolute Gasteiger partial charge is 0.375 e. The number of hydrogen-bond donors (Lipinski definition) is 3. The highest BCUT2D eigenvalue weighted by Crippen LogP contribution is 2.12. The number of carbonyl (C=O) groups is 1. The lowest BCUT2D eigenvalue weighted by molar-refractivity contribution is -0.123. The molecule has 1 aliphatic rings. The average molecular weight is 263 g/mol. The summed E-state index contributed by atoms with van der Waals surface area (Å²) < 4.78 is 5.48. The molecule has 19 heavy (non-hydrogen) atoms. The summed E-state index contributed by atoms with van der Waals surface area (Å²) in [7, 11) is 1.90. The van der Waals surface area contributed by atoms with E-state index in [1.165, 1.54) is 0 Å². The normalized spacial score (nSPS) is 23.1. The van der Waals surface area contributed by atoms with Crippen molar-refractivity contribution in [2.45, 2.75) is 25.6 Å². The summed E-state index contributed by atoms with van der Waals surface area (Å²) in [6.07, 6.45) is -0.103. The van der Waals surface area contributed by atoms with Crippen LogP contribution >= 0.6 is 0 Å². The van der Waals surface area contributed by atoms with Crippen molar-refractivity contribution in [3.63, 3.8) is 0 Å². The van der Waals surface area contributed by atoms with E-state index in [0.717, 1.165) is 17.8 Å². The van der Waals surface area contributed by atoms with Crippen molar-refractivity contribution in [2.24, 2.45) is 0 Å². The Balaban J connectivity index is 1.99. The number of amides is 1. The molecular formula is C14H21N3O2. The fourth-order valence-corrected chi connectivity index (χ4v) is 2.21.